The van der Waals surface area contributed by atoms with Crippen LogP contribution in [0.2, 0.25) is 5.02 Å². The average molecular weight is 325 g/mol. The van der Waals surface area contributed by atoms with Crippen molar-refractivity contribution in [2.45, 2.75) is 0 Å². The Morgan fingerprint density at radius 2 is 2.17 bits per heavy atom. The number of anilines is 3. The van der Waals surface area contributed by atoms with Gasteiger partial charge in [-0.15, -0.1) is 0 Å². The molecule has 0 atom stereocenters. The summed E-state index contributed by atoms with van der Waals surface area (Å²) >= 11 is 9.17. The molecule has 0 aliphatic heterocycles. The maximum atomic E-state index is 9.01. The van der Waals surface area contributed by atoms with Gasteiger partial charge in [0.05, 0.1) is 11.3 Å². The molecule has 1 aromatic carbocycles. The molecule has 0 fully saturated rings. The van der Waals surface area contributed by atoms with Crippen molar-refractivity contribution in [2.24, 2.45) is 0 Å². The van der Waals surface area contributed by atoms with Crippen molar-refractivity contribution in [1.29, 1.82) is 5.26 Å². The van der Waals surface area contributed by atoms with Gasteiger partial charge in [-0.3, -0.25) is 0 Å². The Labute approximate surface area is 117 Å². The van der Waals surface area contributed by atoms with E-state index >= 15 is 0 Å². The number of benzene rings is 1. The van der Waals surface area contributed by atoms with Crippen LogP contribution < -0.4 is 11.1 Å². The maximum Gasteiger partial charge on any atom is 0.150 e. The van der Waals surface area contributed by atoms with Crippen molar-refractivity contribution in [2.75, 3.05) is 11.1 Å². The van der Waals surface area contributed by atoms with Crippen LogP contribution in [0, 0.1) is 11.3 Å². The fraction of sp³-hybridized carbons (Fsp3) is 0. The van der Waals surface area contributed by atoms with Gasteiger partial charge in [0.15, 0.2) is 0 Å². The van der Waals surface area contributed by atoms with Crippen LogP contribution in [-0.4, -0.2) is 9.97 Å². The Bertz CT molecular complexity index is 638. The quantitative estimate of drug-likeness (QED) is 0.886. The van der Waals surface area contributed by atoms with Gasteiger partial charge in [0, 0.05) is 5.02 Å². The van der Waals surface area contributed by atoms with Crippen LogP contribution in [0.1, 0.15) is 5.56 Å². The van der Waals surface area contributed by atoms with Gasteiger partial charge in [-0.25, -0.2) is 9.97 Å². The second-order valence-electron chi connectivity index (χ2n) is 3.35. The van der Waals surface area contributed by atoms with Gasteiger partial charge < -0.3 is 11.1 Å². The first-order valence-corrected chi connectivity index (χ1v) is 6.01. The first kappa shape index (κ1) is 12.6. The van der Waals surface area contributed by atoms with Crippen LogP contribution in [0.5, 0.6) is 0 Å². The average Bonchev–Trinajstić information content (AvgIpc) is 2.35. The van der Waals surface area contributed by atoms with E-state index in [9.17, 15) is 0 Å². The predicted octanol–water partition coefficient (Wildman–Crippen LogP) is 3.09. The molecule has 7 heteroatoms. The molecule has 18 heavy (non-hydrogen) atoms. The van der Waals surface area contributed by atoms with Crippen LogP contribution in [0.15, 0.2) is 29.0 Å². The molecule has 0 aliphatic carbocycles. The Kier molecular flexibility index (Phi) is 3.65. The summed E-state index contributed by atoms with van der Waals surface area (Å²) in [7, 11) is 0. The van der Waals surface area contributed by atoms with Gasteiger partial charge in [0.25, 0.3) is 0 Å². The van der Waals surface area contributed by atoms with E-state index in [0.29, 0.717) is 32.4 Å². The van der Waals surface area contributed by atoms with Gasteiger partial charge in [0.2, 0.25) is 0 Å². The second kappa shape index (κ2) is 5.21. The zero-order chi connectivity index (χ0) is 13.1. The second-order valence-corrected chi connectivity index (χ2v) is 4.58. The molecule has 3 N–H and O–H groups in total. The van der Waals surface area contributed by atoms with E-state index in [1.807, 2.05) is 0 Å². The molecule has 1 heterocycles. The van der Waals surface area contributed by atoms with Gasteiger partial charge in [-0.2, -0.15) is 5.26 Å². The lowest BCUT2D eigenvalue weighted by molar-refractivity contribution is 1.16. The standard InChI is InChI=1S/C11H7BrClN5/c12-9-10(15)16-5-17-11(9)18-8-3-7(13)2-1-6(8)4-14/h1-3,5H,(H3,15,16,17,18). The minimum absolute atomic E-state index is 0.313. The molecule has 0 spiro atoms. The number of nitriles is 1. The Morgan fingerprint density at radius 1 is 1.39 bits per heavy atom. The summed E-state index contributed by atoms with van der Waals surface area (Å²) in [4.78, 5) is 7.87. The highest BCUT2D eigenvalue weighted by molar-refractivity contribution is 9.10. The Hall–Kier alpha value is -1.84. The molecule has 0 saturated carbocycles. The normalized spacial score (nSPS) is 9.83. The van der Waals surface area contributed by atoms with Crippen LogP contribution in [0.3, 0.4) is 0 Å². The number of hydrogen-bond acceptors (Lipinski definition) is 5. The molecular weight excluding hydrogens is 318 g/mol. The lowest BCUT2D eigenvalue weighted by Gasteiger charge is -2.09. The predicted molar refractivity (Wildman–Crippen MR) is 73.6 cm³/mol. The molecule has 0 aliphatic rings. The van der Waals surface area contributed by atoms with Gasteiger partial charge >= 0.3 is 0 Å². The van der Waals surface area contributed by atoms with Crippen LogP contribution in [0.25, 0.3) is 0 Å². The van der Waals surface area contributed by atoms with Crippen molar-refractivity contribution in [3.8, 4) is 6.07 Å². The van der Waals surface area contributed by atoms with Crippen molar-refractivity contribution >= 4 is 44.9 Å². The van der Waals surface area contributed by atoms with Crippen molar-refractivity contribution in [3.05, 3.63) is 39.6 Å². The number of nitrogens with two attached hydrogens (primary N) is 1. The lowest BCUT2D eigenvalue weighted by atomic mass is 10.2. The molecule has 1 aromatic heterocycles. The molecule has 5 nitrogen and oxygen atoms in total. The van der Waals surface area contributed by atoms with Crippen molar-refractivity contribution in [1.82, 2.24) is 9.97 Å². The third kappa shape index (κ3) is 2.53. The van der Waals surface area contributed by atoms with E-state index in [1.165, 1.54) is 6.33 Å². The van der Waals surface area contributed by atoms with Gasteiger partial charge in [-0.1, -0.05) is 11.6 Å². The summed E-state index contributed by atoms with van der Waals surface area (Å²) in [5.74, 6) is 0.786. The first-order chi connectivity index (χ1) is 8.61. The number of nitrogens with one attached hydrogen (secondary N) is 1. The monoisotopic (exact) mass is 323 g/mol. The molecule has 0 radical (unpaired) electrons. The third-order valence-electron chi connectivity index (χ3n) is 2.17. The van der Waals surface area contributed by atoms with E-state index in [0.717, 1.165) is 0 Å². The molecule has 2 aromatic rings. The number of hydrogen-bond donors (Lipinski definition) is 2. The number of halogens is 2. The minimum Gasteiger partial charge on any atom is -0.383 e. The smallest absolute Gasteiger partial charge is 0.150 e. The number of nitrogens with zero attached hydrogens (tertiary/aromatic N) is 3. The summed E-state index contributed by atoms with van der Waals surface area (Å²) < 4.78 is 0.536. The Morgan fingerprint density at radius 3 is 2.89 bits per heavy atom. The summed E-state index contributed by atoms with van der Waals surface area (Å²) in [6.45, 7) is 0. The number of aromatic nitrogens is 2. The minimum atomic E-state index is 0.313. The summed E-state index contributed by atoms with van der Waals surface area (Å²) in [5.41, 5.74) is 6.67. The number of nitrogen functional groups attached to an aromatic ring is 1. The van der Waals surface area contributed by atoms with Crippen LogP contribution >= 0.6 is 27.5 Å². The van der Waals surface area contributed by atoms with E-state index < -0.39 is 0 Å². The zero-order valence-electron chi connectivity index (χ0n) is 8.98. The molecule has 90 valence electrons. The molecule has 2 rings (SSSR count). The molecular formula is C11H7BrClN5. The summed E-state index contributed by atoms with van der Waals surface area (Å²) in [5, 5.41) is 12.5. The van der Waals surface area contributed by atoms with Gasteiger partial charge in [0.1, 0.15) is 28.5 Å². The van der Waals surface area contributed by atoms with E-state index in [2.05, 4.69) is 37.3 Å². The lowest BCUT2D eigenvalue weighted by Crippen LogP contribution is -2.01. The molecule has 0 unspecified atom stereocenters. The SMILES string of the molecule is N#Cc1ccc(Cl)cc1Nc1ncnc(N)c1Br. The highest BCUT2D eigenvalue weighted by Crippen LogP contribution is 2.29. The number of rotatable bonds is 2. The molecule has 0 saturated heterocycles. The van der Waals surface area contributed by atoms with Crippen molar-refractivity contribution in [3.63, 3.8) is 0 Å². The fourth-order valence-corrected chi connectivity index (χ4v) is 1.79. The summed E-state index contributed by atoms with van der Waals surface area (Å²) in [6, 6.07) is 6.99. The Balaban J connectivity index is 2.43. The molecule has 0 amide bonds. The molecule has 0 bridgehead atoms. The van der Waals surface area contributed by atoms with E-state index in [1.54, 1.807) is 18.2 Å². The van der Waals surface area contributed by atoms with E-state index in [4.69, 9.17) is 22.6 Å². The first-order valence-electron chi connectivity index (χ1n) is 4.84. The summed E-state index contributed by atoms with van der Waals surface area (Å²) in [6.07, 6.45) is 1.33. The van der Waals surface area contributed by atoms with E-state index in [-0.39, 0.29) is 0 Å². The topological polar surface area (TPSA) is 87.6 Å². The van der Waals surface area contributed by atoms with Crippen molar-refractivity contribution < 1.29 is 0 Å². The maximum absolute atomic E-state index is 9.01. The highest BCUT2D eigenvalue weighted by Gasteiger charge is 2.09. The fourth-order valence-electron chi connectivity index (χ4n) is 1.32. The highest BCUT2D eigenvalue weighted by atomic mass is 79.9. The van der Waals surface area contributed by atoms with Crippen LogP contribution in [0.4, 0.5) is 17.3 Å². The largest absolute Gasteiger partial charge is 0.383 e. The van der Waals surface area contributed by atoms with Gasteiger partial charge in [-0.05, 0) is 34.1 Å². The third-order valence-corrected chi connectivity index (χ3v) is 3.19. The zero-order valence-corrected chi connectivity index (χ0v) is 11.3. The van der Waals surface area contributed by atoms with Crippen LogP contribution in [-0.2, 0) is 0 Å².